The van der Waals surface area contributed by atoms with Crippen molar-refractivity contribution in [1.29, 1.82) is 0 Å². The Balaban J connectivity index is 2.01. The topological polar surface area (TPSA) is 36.9 Å². The van der Waals surface area contributed by atoms with E-state index in [1.54, 1.807) is 21.3 Å². The molecule has 0 unspecified atom stereocenters. The summed E-state index contributed by atoms with van der Waals surface area (Å²) in [6.45, 7) is 1.16. The molecule has 0 fully saturated rings. The van der Waals surface area contributed by atoms with Crippen molar-refractivity contribution in [2.24, 2.45) is 0 Å². The lowest BCUT2D eigenvalue weighted by Crippen LogP contribution is -2.10. The van der Waals surface area contributed by atoms with Gasteiger partial charge < -0.3 is 18.9 Å². The summed E-state index contributed by atoms with van der Waals surface area (Å²) in [5.41, 5.74) is 4.47. The van der Waals surface area contributed by atoms with E-state index in [4.69, 9.17) is 18.9 Å². The van der Waals surface area contributed by atoms with Crippen molar-refractivity contribution in [1.82, 2.24) is 0 Å². The second-order valence-corrected chi connectivity index (χ2v) is 5.30. The van der Waals surface area contributed by atoms with Crippen LogP contribution in [0.3, 0.4) is 0 Å². The van der Waals surface area contributed by atoms with Gasteiger partial charge in [-0.05, 0) is 52.6 Å². The fourth-order valence-electron chi connectivity index (χ4n) is 2.71. The minimum atomic E-state index is 0.578. The summed E-state index contributed by atoms with van der Waals surface area (Å²) < 4.78 is 21.7. The predicted molar refractivity (Wildman–Crippen MR) is 90.1 cm³/mol. The third-order valence-corrected chi connectivity index (χ3v) is 3.93. The lowest BCUT2D eigenvalue weighted by molar-refractivity contribution is 0.146. The van der Waals surface area contributed by atoms with Crippen LogP contribution in [0.25, 0.3) is 11.6 Å². The number of fused-ring (bicyclic) bond motifs is 1. The molecule has 2 aromatic carbocycles. The predicted octanol–water partition coefficient (Wildman–Crippen LogP) is 3.78. The SMILES string of the molecule is COc1ccc(/C=C2\COCc3cc(OC)c(OC)cc32)cc1. The van der Waals surface area contributed by atoms with Gasteiger partial charge in [0.15, 0.2) is 11.5 Å². The van der Waals surface area contributed by atoms with Crippen molar-refractivity contribution < 1.29 is 18.9 Å². The zero-order valence-electron chi connectivity index (χ0n) is 13.6. The summed E-state index contributed by atoms with van der Waals surface area (Å²) in [5.74, 6) is 2.30. The Morgan fingerprint density at radius 2 is 1.57 bits per heavy atom. The Morgan fingerprint density at radius 3 is 2.22 bits per heavy atom. The molecule has 1 aliphatic heterocycles. The highest BCUT2D eigenvalue weighted by Gasteiger charge is 2.18. The maximum Gasteiger partial charge on any atom is 0.161 e. The molecule has 0 radical (unpaired) electrons. The van der Waals surface area contributed by atoms with Gasteiger partial charge in [-0.3, -0.25) is 0 Å². The van der Waals surface area contributed by atoms with Gasteiger partial charge in [-0.1, -0.05) is 12.1 Å². The van der Waals surface area contributed by atoms with Crippen LogP contribution in [0.15, 0.2) is 36.4 Å². The number of benzene rings is 2. The van der Waals surface area contributed by atoms with Gasteiger partial charge in [0.25, 0.3) is 0 Å². The molecule has 1 heterocycles. The second kappa shape index (κ2) is 6.75. The van der Waals surface area contributed by atoms with E-state index < -0.39 is 0 Å². The third-order valence-electron chi connectivity index (χ3n) is 3.93. The van der Waals surface area contributed by atoms with Crippen molar-refractivity contribution in [3.8, 4) is 17.2 Å². The molecule has 0 bridgehead atoms. The van der Waals surface area contributed by atoms with Gasteiger partial charge >= 0.3 is 0 Å². The minimum Gasteiger partial charge on any atom is -0.497 e. The summed E-state index contributed by atoms with van der Waals surface area (Å²) in [6.07, 6.45) is 2.13. The molecule has 120 valence electrons. The van der Waals surface area contributed by atoms with Gasteiger partial charge in [-0.2, -0.15) is 0 Å². The monoisotopic (exact) mass is 312 g/mol. The van der Waals surface area contributed by atoms with Crippen LogP contribution < -0.4 is 14.2 Å². The molecule has 0 amide bonds. The molecule has 0 N–H and O–H groups in total. The van der Waals surface area contributed by atoms with E-state index in [-0.39, 0.29) is 0 Å². The molecule has 0 saturated carbocycles. The standard InChI is InChI=1S/C19H20O4/c1-20-16-6-4-13(5-7-16)8-14-11-23-12-15-9-18(21-2)19(22-3)10-17(14)15/h4-10H,11-12H2,1-3H3/b14-8+. The van der Waals surface area contributed by atoms with E-state index in [0.29, 0.717) is 13.2 Å². The number of hydrogen-bond donors (Lipinski definition) is 0. The first-order valence-corrected chi connectivity index (χ1v) is 7.42. The molecule has 23 heavy (non-hydrogen) atoms. The molecule has 0 aromatic heterocycles. The van der Waals surface area contributed by atoms with Crippen LogP contribution in [-0.2, 0) is 11.3 Å². The Morgan fingerprint density at radius 1 is 0.870 bits per heavy atom. The van der Waals surface area contributed by atoms with Gasteiger partial charge in [-0.25, -0.2) is 0 Å². The zero-order chi connectivity index (χ0) is 16.2. The maximum absolute atomic E-state index is 5.71. The van der Waals surface area contributed by atoms with Crippen molar-refractivity contribution in [3.05, 3.63) is 53.1 Å². The Kier molecular flexibility index (Phi) is 4.53. The van der Waals surface area contributed by atoms with Gasteiger partial charge in [-0.15, -0.1) is 0 Å². The van der Waals surface area contributed by atoms with Crippen LogP contribution in [0.5, 0.6) is 17.2 Å². The van der Waals surface area contributed by atoms with E-state index in [0.717, 1.165) is 39.5 Å². The molecule has 2 aromatic rings. The van der Waals surface area contributed by atoms with Crippen LogP contribution in [0, 0.1) is 0 Å². The van der Waals surface area contributed by atoms with Gasteiger partial charge in [0.2, 0.25) is 0 Å². The quantitative estimate of drug-likeness (QED) is 0.861. The molecular formula is C19H20O4. The van der Waals surface area contributed by atoms with Crippen LogP contribution in [0.1, 0.15) is 16.7 Å². The van der Waals surface area contributed by atoms with Gasteiger partial charge in [0.05, 0.1) is 34.5 Å². The summed E-state index contributed by atoms with van der Waals surface area (Å²) in [7, 11) is 4.96. The highest BCUT2D eigenvalue weighted by atomic mass is 16.5. The largest absolute Gasteiger partial charge is 0.497 e. The van der Waals surface area contributed by atoms with Crippen LogP contribution in [-0.4, -0.2) is 27.9 Å². The van der Waals surface area contributed by atoms with Crippen LogP contribution >= 0.6 is 0 Å². The highest BCUT2D eigenvalue weighted by Crippen LogP contribution is 2.37. The van der Waals surface area contributed by atoms with Gasteiger partial charge in [0, 0.05) is 0 Å². The molecule has 0 atom stereocenters. The van der Waals surface area contributed by atoms with Crippen molar-refractivity contribution in [3.63, 3.8) is 0 Å². The molecule has 0 aliphatic carbocycles. The highest BCUT2D eigenvalue weighted by molar-refractivity contribution is 5.85. The first-order chi connectivity index (χ1) is 11.2. The minimum absolute atomic E-state index is 0.578. The van der Waals surface area contributed by atoms with Crippen molar-refractivity contribution in [2.75, 3.05) is 27.9 Å². The van der Waals surface area contributed by atoms with E-state index in [2.05, 4.69) is 6.08 Å². The average molecular weight is 312 g/mol. The van der Waals surface area contributed by atoms with Crippen molar-refractivity contribution in [2.45, 2.75) is 6.61 Å². The van der Waals surface area contributed by atoms with Crippen LogP contribution in [0.4, 0.5) is 0 Å². The lowest BCUT2D eigenvalue weighted by Gasteiger charge is -2.22. The molecule has 3 rings (SSSR count). The second-order valence-electron chi connectivity index (χ2n) is 5.30. The zero-order valence-corrected chi connectivity index (χ0v) is 13.6. The maximum atomic E-state index is 5.71. The fraction of sp³-hybridized carbons (Fsp3) is 0.263. The van der Waals surface area contributed by atoms with Crippen LogP contribution in [0.2, 0.25) is 0 Å². The average Bonchev–Trinajstić information content (AvgIpc) is 2.61. The number of hydrogen-bond acceptors (Lipinski definition) is 4. The Hall–Kier alpha value is -2.46. The molecular weight excluding hydrogens is 292 g/mol. The van der Waals surface area contributed by atoms with Gasteiger partial charge in [0.1, 0.15) is 5.75 Å². The summed E-state index contributed by atoms with van der Waals surface area (Å²) in [4.78, 5) is 0. The smallest absolute Gasteiger partial charge is 0.161 e. The number of rotatable bonds is 4. The van der Waals surface area contributed by atoms with E-state index in [1.165, 1.54) is 0 Å². The van der Waals surface area contributed by atoms with Crippen molar-refractivity contribution >= 4 is 11.6 Å². The first-order valence-electron chi connectivity index (χ1n) is 7.42. The molecule has 4 heteroatoms. The molecule has 4 nitrogen and oxygen atoms in total. The Labute approximate surface area is 136 Å². The summed E-state index contributed by atoms with van der Waals surface area (Å²) in [5, 5.41) is 0. The number of ether oxygens (including phenoxy) is 4. The fourth-order valence-corrected chi connectivity index (χ4v) is 2.71. The summed E-state index contributed by atoms with van der Waals surface area (Å²) >= 11 is 0. The summed E-state index contributed by atoms with van der Waals surface area (Å²) in [6, 6.07) is 12.0. The molecule has 1 aliphatic rings. The van der Waals surface area contributed by atoms with E-state index in [1.807, 2.05) is 36.4 Å². The number of methoxy groups -OCH3 is 3. The van der Waals surface area contributed by atoms with E-state index in [9.17, 15) is 0 Å². The lowest BCUT2D eigenvalue weighted by atomic mass is 9.96. The molecule has 0 saturated heterocycles. The first kappa shape index (κ1) is 15.4. The Bertz CT molecular complexity index is 717. The molecule has 0 spiro atoms. The normalized spacial score (nSPS) is 15.2. The van der Waals surface area contributed by atoms with E-state index >= 15 is 0 Å². The third kappa shape index (κ3) is 3.17.